The first-order valence-corrected chi connectivity index (χ1v) is 7.03. The number of nitrogens with zero attached hydrogens (tertiary/aromatic N) is 3. The molecule has 0 radical (unpaired) electrons. The molecule has 0 atom stereocenters. The minimum absolute atomic E-state index is 0.0706. The maximum Gasteiger partial charge on any atom is 0.290 e. The summed E-state index contributed by atoms with van der Waals surface area (Å²) < 4.78 is 4.10. The van der Waals surface area contributed by atoms with Crippen LogP contribution in [0.2, 0.25) is 0 Å². The van der Waals surface area contributed by atoms with Gasteiger partial charge in [0, 0.05) is 24.9 Å². The zero-order valence-electron chi connectivity index (χ0n) is 10.9. The van der Waals surface area contributed by atoms with Crippen LogP contribution in [0.3, 0.4) is 0 Å². The number of thioether (sulfide) groups is 1. The molecule has 1 amide bonds. The van der Waals surface area contributed by atoms with Crippen molar-refractivity contribution in [3.05, 3.63) is 29.3 Å². The molecular weight excluding hydrogens is 266 g/mol. The monoisotopic (exact) mass is 283 g/mol. The molecule has 1 aromatic heterocycles. The summed E-state index contributed by atoms with van der Waals surface area (Å²) in [6, 6.07) is 0. The molecule has 0 unspecified atom stereocenters. The topological polar surface area (TPSA) is 46.1 Å². The Kier molecular flexibility index (Phi) is 5.55. The number of aryl methyl sites for hydroxylation is 1. The minimum Gasteiger partial charge on any atom is -0.325 e. The molecule has 0 aromatic carbocycles. The fraction of sp³-hybridized carbons (Fsp3) is 0.417. The molecule has 0 aliphatic heterocycles. The first-order valence-electron chi connectivity index (χ1n) is 5.44. The lowest BCUT2D eigenvalue weighted by atomic mass is 10.3. The molecule has 0 saturated carbocycles. The molecule has 0 N–H and O–H groups in total. The highest BCUT2D eigenvalue weighted by Crippen LogP contribution is 2.21. The summed E-state index contributed by atoms with van der Waals surface area (Å²) in [5.74, 6) is 0. The molecule has 0 fully saturated rings. The molecular formula is C12H17N3OS2. The van der Waals surface area contributed by atoms with E-state index in [4.69, 9.17) is 0 Å². The second kappa shape index (κ2) is 6.70. The van der Waals surface area contributed by atoms with E-state index in [0.29, 0.717) is 18.2 Å². The lowest BCUT2D eigenvalue weighted by Crippen LogP contribution is -2.30. The molecule has 1 aromatic rings. The van der Waals surface area contributed by atoms with E-state index in [1.54, 1.807) is 4.90 Å². The van der Waals surface area contributed by atoms with Crippen molar-refractivity contribution in [3.8, 4) is 0 Å². The van der Waals surface area contributed by atoms with Crippen molar-refractivity contribution < 1.29 is 4.79 Å². The molecule has 18 heavy (non-hydrogen) atoms. The second-order valence-corrected chi connectivity index (χ2v) is 6.11. The average molecular weight is 283 g/mol. The first-order chi connectivity index (χ1) is 8.38. The molecule has 6 heteroatoms. The number of amides is 1. The van der Waals surface area contributed by atoms with Crippen LogP contribution in [0.5, 0.6) is 0 Å². The number of rotatable bonds is 5. The third kappa shape index (κ3) is 5.01. The fourth-order valence-electron chi connectivity index (χ4n) is 1.30. The third-order valence-corrected chi connectivity index (χ3v) is 3.40. The Bertz CT molecular complexity index is 452. The lowest BCUT2D eigenvalue weighted by molar-refractivity contribution is 0.231. The van der Waals surface area contributed by atoms with Crippen LogP contribution in [-0.4, -0.2) is 32.6 Å². The highest BCUT2D eigenvalue weighted by molar-refractivity contribution is 8.13. The van der Waals surface area contributed by atoms with Gasteiger partial charge in [-0.1, -0.05) is 24.3 Å². The van der Waals surface area contributed by atoms with Gasteiger partial charge in [-0.2, -0.15) is 4.37 Å². The summed E-state index contributed by atoms with van der Waals surface area (Å²) in [6.07, 6.45) is 0. The van der Waals surface area contributed by atoms with Crippen LogP contribution < -0.4 is 0 Å². The van der Waals surface area contributed by atoms with E-state index in [9.17, 15) is 4.79 Å². The average Bonchev–Trinajstić information content (AvgIpc) is 2.61. The summed E-state index contributed by atoms with van der Waals surface area (Å²) in [7, 11) is 0. The Morgan fingerprint density at radius 1 is 1.33 bits per heavy atom. The maximum atomic E-state index is 12.1. The van der Waals surface area contributed by atoms with Crippen LogP contribution in [0.4, 0.5) is 4.79 Å². The van der Waals surface area contributed by atoms with Crippen molar-refractivity contribution in [1.82, 2.24) is 14.3 Å². The van der Waals surface area contributed by atoms with Crippen LogP contribution in [0.15, 0.2) is 29.5 Å². The first kappa shape index (κ1) is 14.9. The van der Waals surface area contributed by atoms with E-state index in [-0.39, 0.29) is 5.24 Å². The van der Waals surface area contributed by atoms with E-state index in [1.165, 1.54) is 11.5 Å². The molecule has 0 spiro atoms. The molecule has 0 bridgehead atoms. The Balaban J connectivity index is 2.69. The van der Waals surface area contributed by atoms with Gasteiger partial charge in [-0.25, -0.2) is 4.98 Å². The van der Waals surface area contributed by atoms with Crippen molar-refractivity contribution in [2.75, 3.05) is 13.1 Å². The smallest absolute Gasteiger partial charge is 0.290 e. The maximum absolute atomic E-state index is 12.1. The van der Waals surface area contributed by atoms with Gasteiger partial charge in [0.05, 0.1) is 0 Å². The van der Waals surface area contributed by atoms with Gasteiger partial charge in [0.2, 0.25) is 5.16 Å². The lowest BCUT2D eigenvalue weighted by Gasteiger charge is -2.21. The third-order valence-electron chi connectivity index (χ3n) is 1.87. The van der Waals surface area contributed by atoms with Crippen LogP contribution in [-0.2, 0) is 0 Å². The predicted octanol–water partition coefficient (Wildman–Crippen LogP) is 3.51. The van der Waals surface area contributed by atoms with Gasteiger partial charge in [0.25, 0.3) is 5.24 Å². The van der Waals surface area contributed by atoms with Crippen molar-refractivity contribution in [1.29, 1.82) is 0 Å². The van der Waals surface area contributed by atoms with Gasteiger partial charge in [0.1, 0.15) is 5.01 Å². The van der Waals surface area contributed by atoms with Crippen molar-refractivity contribution in [2.24, 2.45) is 0 Å². The summed E-state index contributed by atoms with van der Waals surface area (Å²) in [5.41, 5.74) is 1.88. The molecule has 1 heterocycles. The molecule has 98 valence electrons. The van der Waals surface area contributed by atoms with E-state index in [1.807, 2.05) is 20.8 Å². The highest BCUT2D eigenvalue weighted by atomic mass is 32.2. The molecule has 0 aliphatic carbocycles. The van der Waals surface area contributed by atoms with Crippen LogP contribution in [0.25, 0.3) is 0 Å². The van der Waals surface area contributed by atoms with Gasteiger partial charge in [-0.05, 0) is 32.3 Å². The van der Waals surface area contributed by atoms with Crippen molar-refractivity contribution >= 4 is 28.5 Å². The van der Waals surface area contributed by atoms with Crippen LogP contribution in [0, 0.1) is 6.92 Å². The van der Waals surface area contributed by atoms with Gasteiger partial charge < -0.3 is 4.90 Å². The van der Waals surface area contributed by atoms with Crippen LogP contribution in [0.1, 0.15) is 18.9 Å². The Labute approximate surface area is 116 Å². The number of hydrogen-bond donors (Lipinski definition) is 0. The number of hydrogen-bond acceptors (Lipinski definition) is 5. The summed E-state index contributed by atoms with van der Waals surface area (Å²) in [5, 5.41) is 1.30. The number of carbonyl (C=O) groups excluding carboxylic acids is 1. The van der Waals surface area contributed by atoms with E-state index < -0.39 is 0 Å². The quantitative estimate of drug-likeness (QED) is 0.613. The fourth-order valence-corrected chi connectivity index (χ4v) is 2.60. The van der Waals surface area contributed by atoms with E-state index in [0.717, 1.165) is 27.9 Å². The summed E-state index contributed by atoms with van der Waals surface area (Å²) in [4.78, 5) is 18.0. The molecule has 0 saturated heterocycles. The largest absolute Gasteiger partial charge is 0.325 e. The van der Waals surface area contributed by atoms with Gasteiger partial charge >= 0.3 is 0 Å². The zero-order valence-corrected chi connectivity index (χ0v) is 12.5. The van der Waals surface area contributed by atoms with Crippen molar-refractivity contribution in [2.45, 2.75) is 25.9 Å². The van der Waals surface area contributed by atoms with Gasteiger partial charge in [0.15, 0.2) is 0 Å². The molecule has 4 nitrogen and oxygen atoms in total. The minimum atomic E-state index is -0.0706. The Hall–Kier alpha value is -1.14. The van der Waals surface area contributed by atoms with Crippen molar-refractivity contribution in [3.63, 3.8) is 0 Å². The Morgan fingerprint density at radius 3 is 2.28 bits per heavy atom. The van der Waals surface area contributed by atoms with E-state index in [2.05, 4.69) is 22.5 Å². The SMILES string of the molecule is C=C(C)CN(CC(=C)C)C(=O)Sc1nsc(C)n1. The van der Waals surface area contributed by atoms with Gasteiger partial charge in [-0.15, -0.1) is 0 Å². The summed E-state index contributed by atoms with van der Waals surface area (Å²) >= 11 is 2.35. The molecule has 1 rings (SSSR count). The number of aromatic nitrogens is 2. The summed E-state index contributed by atoms with van der Waals surface area (Å²) in [6.45, 7) is 14.4. The highest BCUT2D eigenvalue weighted by Gasteiger charge is 2.17. The molecule has 0 aliphatic rings. The normalized spacial score (nSPS) is 10.2. The van der Waals surface area contributed by atoms with E-state index >= 15 is 0 Å². The Morgan fingerprint density at radius 2 is 1.89 bits per heavy atom. The zero-order chi connectivity index (χ0) is 13.7. The van der Waals surface area contributed by atoms with Gasteiger partial charge in [-0.3, -0.25) is 4.79 Å². The number of carbonyl (C=O) groups is 1. The second-order valence-electron chi connectivity index (χ2n) is 4.23. The predicted molar refractivity (Wildman–Crippen MR) is 77.1 cm³/mol. The standard InChI is InChI=1S/C12H17N3OS2/c1-8(2)6-15(7-9(3)4)12(16)17-11-13-10(5)18-14-11/h1,3,6-7H2,2,4-5H3. The van der Waals surface area contributed by atoms with Crippen LogP contribution >= 0.6 is 23.3 Å².